The predicted octanol–water partition coefficient (Wildman–Crippen LogP) is 5.46. The Morgan fingerprint density at radius 2 is 1.57 bits per heavy atom. The molecule has 224 valence electrons. The van der Waals surface area contributed by atoms with Gasteiger partial charge in [0.1, 0.15) is 11.6 Å². The summed E-state index contributed by atoms with van der Waals surface area (Å²) in [7, 11) is 0. The molecule has 0 bridgehead atoms. The number of para-hydroxylation sites is 1. The van der Waals surface area contributed by atoms with Gasteiger partial charge in [0, 0.05) is 44.0 Å². The Bertz CT molecular complexity index is 1720. The second-order valence-electron chi connectivity index (χ2n) is 11.0. The van der Waals surface area contributed by atoms with Crippen molar-refractivity contribution in [3.05, 3.63) is 136 Å². The largest absolute Gasteiger partial charge is 0.463 e. The maximum absolute atomic E-state index is 13.8. The van der Waals surface area contributed by atoms with E-state index in [0.717, 1.165) is 30.8 Å². The van der Waals surface area contributed by atoms with Gasteiger partial charge in [0.15, 0.2) is 0 Å². The van der Waals surface area contributed by atoms with Gasteiger partial charge in [-0.1, -0.05) is 91.0 Å². The van der Waals surface area contributed by atoms with Crippen LogP contribution >= 0.6 is 0 Å². The minimum Gasteiger partial charge on any atom is -0.463 e. The van der Waals surface area contributed by atoms with Crippen LogP contribution in [-0.4, -0.2) is 59.8 Å². The van der Waals surface area contributed by atoms with Crippen molar-refractivity contribution in [2.45, 2.75) is 19.8 Å². The van der Waals surface area contributed by atoms with Crippen LogP contribution in [-0.2, 0) is 9.53 Å². The SMILES string of the molecule is CCOC(=O)C1=C(C)Nc2c(c(N3CCN(C/C=C/c4ccccc4)CC3)nc(=O)n2-c2ccccc2)C1c1ccccc1. The number of nitrogens with one attached hydrogen (secondary N) is 1. The number of nitrogens with zero attached hydrogens (tertiary/aromatic N) is 4. The number of hydrogen-bond acceptors (Lipinski definition) is 7. The lowest BCUT2D eigenvalue weighted by Gasteiger charge is -2.39. The van der Waals surface area contributed by atoms with Gasteiger partial charge < -0.3 is 15.0 Å². The zero-order valence-corrected chi connectivity index (χ0v) is 25.1. The Balaban J connectivity index is 1.41. The summed E-state index contributed by atoms with van der Waals surface area (Å²) < 4.78 is 7.19. The van der Waals surface area contributed by atoms with Crippen LogP contribution in [0, 0.1) is 0 Å². The van der Waals surface area contributed by atoms with E-state index in [0.29, 0.717) is 41.7 Å². The summed E-state index contributed by atoms with van der Waals surface area (Å²) in [5.74, 6) is 0.373. The maximum Gasteiger partial charge on any atom is 0.355 e. The Kier molecular flexibility index (Phi) is 8.70. The number of piperazine rings is 1. The molecule has 3 heterocycles. The zero-order valence-electron chi connectivity index (χ0n) is 25.1. The van der Waals surface area contributed by atoms with Crippen molar-refractivity contribution in [1.29, 1.82) is 0 Å². The van der Waals surface area contributed by atoms with Crippen molar-refractivity contribution >= 4 is 23.7 Å². The maximum atomic E-state index is 13.8. The van der Waals surface area contributed by atoms with E-state index in [1.54, 1.807) is 4.57 Å². The van der Waals surface area contributed by atoms with Crippen LogP contribution in [0.25, 0.3) is 11.8 Å². The van der Waals surface area contributed by atoms with Crippen molar-refractivity contribution in [1.82, 2.24) is 14.5 Å². The van der Waals surface area contributed by atoms with Crippen molar-refractivity contribution in [3.63, 3.8) is 0 Å². The monoisotopic (exact) mass is 587 g/mol. The van der Waals surface area contributed by atoms with Gasteiger partial charge >= 0.3 is 11.7 Å². The molecule has 6 rings (SSSR count). The fourth-order valence-corrected chi connectivity index (χ4v) is 6.08. The molecular weight excluding hydrogens is 550 g/mol. The van der Waals surface area contributed by atoms with Crippen LogP contribution in [0.3, 0.4) is 0 Å². The minimum atomic E-state index is -0.476. The first-order valence-corrected chi connectivity index (χ1v) is 15.2. The highest BCUT2D eigenvalue weighted by atomic mass is 16.5. The van der Waals surface area contributed by atoms with E-state index in [-0.39, 0.29) is 18.3 Å². The molecule has 1 N–H and O–H groups in total. The lowest BCUT2D eigenvalue weighted by molar-refractivity contribution is -0.138. The molecule has 1 saturated heterocycles. The molecule has 1 unspecified atom stereocenters. The van der Waals surface area contributed by atoms with E-state index in [4.69, 9.17) is 9.72 Å². The number of fused-ring (bicyclic) bond motifs is 1. The van der Waals surface area contributed by atoms with E-state index in [9.17, 15) is 9.59 Å². The second kappa shape index (κ2) is 13.1. The summed E-state index contributed by atoms with van der Waals surface area (Å²) in [4.78, 5) is 36.7. The Morgan fingerprint density at radius 1 is 0.932 bits per heavy atom. The first-order chi connectivity index (χ1) is 21.5. The van der Waals surface area contributed by atoms with Crippen molar-refractivity contribution in [2.75, 3.05) is 49.5 Å². The number of hydrogen-bond donors (Lipinski definition) is 1. The van der Waals surface area contributed by atoms with Crippen LogP contribution in [0.5, 0.6) is 0 Å². The summed E-state index contributed by atoms with van der Waals surface area (Å²) in [5, 5.41) is 3.44. The fraction of sp³-hybridized carbons (Fsp3) is 0.250. The number of benzene rings is 3. The number of carbonyl (C=O) groups excluding carboxylic acids is 1. The first-order valence-electron chi connectivity index (χ1n) is 15.2. The van der Waals surface area contributed by atoms with E-state index in [2.05, 4.69) is 39.4 Å². The second-order valence-corrected chi connectivity index (χ2v) is 11.0. The highest BCUT2D eigenvalue weighted by Gasteiger charge is 2.39. The smallest absolute Gasteiger partial charge is 0.355 e. The molecule has 0 amide bonds. The van der Waals surface area contributed by atoms with Crippen LogP contribution < -0.4 is 15.9 Å². The molecule has 2 aliphatic rings. The molecule has 1 aromatic heterocycles. The quantitative estimate of drug-likeness (QED) is 0.274. The lowest BCUT2D eigenvalue weighted by Crippen LogP contribution is -2.48. The number of allylic oxidation sites excluding steroid dienone is 1. The molecule has 3 aromatic carbocycles. The van der Waals surface area contributed by atoms with Crippen molar-refractivity contribution in [2.24, 2.45) is 0 Å². The standard InChI is InChI=1S/C36H37N5O3/c1-3-44-35(42)30-26(2)37-34-32(31(30)28-17-9-5-10-18-28)33(38-36(43)41(34)29-19-11-6-12-20-29)40-24-22-39(23-25-40)21-13-16-27-14-7-4-8-15-27/h4-20,31,37H,3,21-25H2,1-2H3/b16-13+. The van der Waals surface area contributed by atoms with Crippen LogP contribution in [0.15, 0.2) is 113 Å². The van der Waals surface area contributed by atoms with Gasteiger partial charge in [-0.15, -0.1) is 0 Å². The number of aromatic nitrogens is 2. The van der Waals surface area contributed by atoms with Crippen molar-refractivity contribution in [3.8, 4) is 5.69 Å². The topological polar surface area (TPSA) is 79.7 Å². The summed E-state index contributed by atoms with van der Waals surface area (Å²) in [6.45, 7) is 7.82. The molecule has 0 aliphatic carbocycles. The van der Waals surface area contributed by atoms with Crippen LogP contribution in [0.2, 0.25) is 0 Å². The van der Waals surface area contributed by atoms with E-state index in [1.807, 2.05) is 92.7 Å². The summed E-state index contributed by atoms with van der Waals surface area (Å²) in [5.41, 5.74) is 4.42. The normalized spacial score (nSPS) is 17.0. The first kappa shape index (κ1) is 29.1. The van der Waals surface area contributed by atoms with E-state index < -0.39 is 5.92 Å². The minimum absolute atomic E-state index is 0.263. The fourth-order valence-electron chi connectivity index (χ4n) is 6.08. The van der Waals surface area contributed by atoms with E-state index >= 15 is 0 Å². The predicted molar refractivity (Wildman–Crippen MR) is 175 cm³/mol. The average molecular weight is 588 g/mol. The summed E-state index contributed by atoms with van der Waals surface area (Å²) >= 11 is 0. The molecule has 1 fully saturated rings. The third kappa shape index (κ3) is 5.94. The highest BCUT2D eigenvalue weighted by Crippen LogP contribution is 2.46. The number of anilines is 2. The third-order valence-electron chi connectivity index (χ3n) is 8.19. The van der Waals surface area contributed by atoms with Gasteiger partial charge in [0.2, 0.25) is 0 Å². The molecule has 44 heavy (non-hydrogen) atoms. The molecular formula is C36H37N5O3. The van der Waals surface area contributed by atoms with Gasteiger partial charge in [0.05, 0.1) is 23.8 Å². The number of ether oxygens (including phenoxy) is 1. The van der Waals surface area contributed by atoms with Gasteiger partial charge in [-0.3, -0.25) is 4.90 Å². The third-order valence-corrected chi connectivity index (χ3v) is 8.19. The molecule has 2 aliphatic heterocycles. The van der Waals surface area contributed by atoms with Crippen LogP contribution in [0.1, 0.15) is 36.5 Å². The number of esters is 1. The average Bonchev–Trinajstić information content (AvgIpc) is 3.05. The zero-order chi connectivity index (χ0) is 30.5. The number of rotatable bonds is 8. The number of carbonyl (C=O) groups is 1. The molecule has 4 aromatic rings. The van der Waals surface area contributed by atoms with Crippen LogP contribution in [0.4, 0.5) is 11.6 Å². The molecule has 8 nitrogen and oxygen atoms in total. The van der Waals surface area contributed by atoms with Gasteiger partial charge in [-0.2, -0.15) is 4.98 Å². The van der Waals surface area contributed by atoms with Gasteiger partial charge in [-0.25, -0.2) is 14.2 Å². The van der Waals surface area contributed by atoms with Gasteiger partial charge in [0.25, 0.3) is 0 Å². The van der Waals surface area contributed by atoms with E-state index in [1.165, 1.54) is 5.56 Å². The molecule has 0 spiro atoms. The highest BCUT2D eigenvalue weighted by molar-refractivity contribution is 5.95. The molecule has 1 atom stereocenters. The summed E-state index contributed by atoms with van der Waals surface area (Å²) in [6, 6.07) is 29.7. The lowest BCUT2D eigenvalue weighted by atomic mass is 9.81. The molecule has 0 saturated carbocycles. The summed E-state index contributed by atoms with van der Waals surface area (Å²) in [6.07, 6.45) is 4.34. The Hall–Kier alpha value is -4.95. The molecule has 0 radical (unpaired) electrons. The molecule has 8 heteroatoms. The van der Waals surface area contributed by atoms with Gasteiger partial charge in [-0.05, 0) is 37.1 Å². The van der Waals surface area contributed by atoms with Crippen molar-refractivity contribution < 1.29 is 9.53 Å². The Morgan fingerprint density at radius 3 is 2.23 bits per heavy atom. The Labute approximate surface area is 257 Å².